The Balaban J connectivity index is 1.37. The van der Waals surface area contributed by atoms with Gasteiger partial charge in [0.2, 0.25) is 23.6 Å². The first-order valence-corrected chi connectivity index (χ1v) is 24.5. The van der Waals surface area contributed by atoms with Crippen LogP contribution >= 0.6 is 0 Å². The summed E-state index contributed by atoms with van der Waals surface area (Å²) in [5.41, 5.74) is 20.4. The number of aliphatic hydroxyl groups excluding tert-OH is 2. The average molecular weight is 1010 g/mol. The fourth-order valence-corrected chi connectivity index (χ4v) is 8.76. The molecule has 0 spiro atoms. The van der Waals surface area contributed by atoms with E-state index in [1.165, 1.54) is 32.5 Å². The van der Waals surface area contributed by atoms with E-state index in [9.17, 15) is 39.4 Å². The SMILES string of the molecule is Cc1nc(-c2ccc(OC3CCCCC3)cc2)nc(C)c1C(=O)N[C@@H](CCN)C(=O)N(C)[C@@H]1C(=O)N[C@@H](C)C(=O)N[C@H](C(=O)NCC#N)Cc2ccc(OC[C@H](O)CN)c(c2)-c2cc1ccc2OC[C@H](O)CN. The number of aliphatic hydroxyl groups is 2. The number of likely N-dealkylation sites (N-methyl/N-ethyl adjacent to an activating group) is 1. The Hall–Kier alpha value is -7.22. The molecule has 4 aromatic rings. The van der Waals surface area contributed by atoms with Gasteiger partial charge in [0.1, 0.15) is 73.4 Å². The zero-order valence-corrected chi connectivity index (χ0v) is 41.7. The first-order valence-electron chi connectivity index (χ1n) is 24.5. The summed E-state index contributed by atoms with van der Waals surface area (Å²) >= 11 is 0. The van der Waals surface area contributed by atoms with Crippen molar-refractivity contribution in [2.45, 2.75) is 108 Å². The number of hydrogen-bond donors (Lipinski definition) is 9. The van der Waals surface area contributed by atoms with Crippen LogP contribution in [0.2, 0.25) is 0 Å². The third-order valence-corrected chi connectivity index (χ3v) is 12.7. The van der Waals surface area contributed by atoms with Crippen LogP contribution in [0.3, 0.4) is 0 Å². The number of nitrogens with one attached hydrogen (secondary N) is 4. The van der Waals surface area contributed by atoms with Crippen LogP contribution in [0.4, 0.5) is 0 Å². The molecule has 0 unspecified atom stereocenters. The van der Waals surface area contributed by atoms with Crippen LogP contribution in [0, 0.1) is 25.2 Å². The van der Waals surface area contributed by atoms with Crippen molar-refractivity contribution >= 4 is 29.5 Å². The van der Waals surface area contributed by atoms with Crippen LogP contribution in [-0.2, 0) is 25.6 Å². The topological polar surface area (TPSA) is 332 Å². The first kappa shape index (κ1) is 55.1. The number of amides is 5. The summed E-state index contributed by atoms with van der Waals surface area (Å²) in [6, 6.07) is 13.6. The molecule has 2 aliphatic rings. The number of nitrogens with zero attached hydrogens (tertiary/aromatic N) is 4. The molecule has 12 N–H and O–H groups in total. The number of rotatable bonds is 19. The Morgan fingerprint density at radius 3 is 2.08 bits per heavy atom. The van der Waals surface area contributed by atoms with Crippen LogP contribution in [0.15, 0.2) is 60.7 Å². The number of carbonyl (C=O) groups excluding carboxylic acids is 5. The summed E-state index contributed by atoms with van der Waals surface area (Å²) < 4.78 is 18.4. The third kappa shape index (κ3) is 14.3. The van der Waals surface area contributed by atoms with E-state index in [1.807, 2.05) is 30.3 Å². The number of benzene rings is 3. The molecule has 390 valence electrons. The minimum Gasteiger partial charge on any atom is -0.490 e. The normalized spacial score (nSPS) is 18.3. The van der Waals surface area contributed by atoms with Crippen LogP contribution in [-0.4, -0.2) is 137 Å². The highest BCUT2D eigenvalue weighted by atomic mass is 16.5. The molecule has 6 atom stereocenters. The second kappa shape index (κ2) is 25.9. The molecule has 1 saturated carbocycles. The van der Waals surface area contributed by atoms with Crippen molar-refractivity contribution in [3.05, 3.63) is 88.7 Å². The van der Waals surface area contributed by atoms with Crippen molar-refractivity contribution in [3.8, 4) is 45.8 Å². The summed E-state index contributed by atoms with van der Waals surface area (Å²) in [5.74, 6) is -2.06. The Morgan fingerprint density at radius 2 is 1.48 bits per heavy atom. The molecule has 2 heterocycles. The maximum atomic E-state index is 14.8. The van der Waals surface area contributed by atoms with Gasteiger partial charge >= 0.3 is 0 Å². The smallest absolute Gasteiger partial charge is 0.255 e. The summed E-state index contributed by atoms with van der Waals surface area (Å²) in [5, 5.41) is 40.7. The van der Waals surface area contributed by atoms with Crippen LogP contribution < -0.4 is 52.7 Å². The summed E-state index contributed by atoms with van der Waals surface area (Å²) in [4.78, 5) is 81.6. The summed E-state index contributed by atoms with van der Waals surface area (Å²) in [7, 11) is 1.37. The number of nitriles is 1. The Kier molecular flexibility index (Phi) is 19.6. The number of ether oxygens (including phenoxy) is 3. The minimum absolute atomic E-state index is 0.0433. The molecule has 1 aliphatic carbocycles. The van der Waals surface area contributed by atoms with E-state index in [-0.39, 0.29) is 81.0 Å². The maximum Gasteiger partial charge on any atom is 0.255 e. The fourth-order valence-electron chi connectivity index (χ4n) is 8.76. The summed E-state index contributed by atoms with van der Waals surface area (Å²) in [6.45, 7) is 3.66. The molecule has 4 bridgehead atoms. The van der Waals surface area contributed by atoms with Crippen LogP contribution in [0.5, 0.6) is 17.2 Å². The van der Waals surface area contributed by atoms with Crippen molar-refractivity contribution in [1.29, 1.82) is 5.26 Å². The molecular weight excluding hydrogens is 939 g/mol. The molecule has 0 saturated heterocycles. The van der Waals surface area contributed by atoms with Crippen LogP contribution in [0.25, 0.3) is 22.5 Å². The highest BCUT2D eigenvalue weighted by Gasteiger charge is 2.37. The molecule has 0 radical (unpaired) electrons. The van der Waals surface area contributed by atoms with Gasteiger partial charge < -0.3 is 67.8 Å². The molecule has 1 fully saturated rings. The highest BCUT2D eigenvalue weighted by molar-refractivity contribution is 6.00. The average Bonchev–Trinajstić information content (AvgIpc) is 3.38. The number of carbonyl (C=O) groups is 5. The summed E-state index contributed by atoms with van der Waals surface area (Å²) in [6.07, 6.45) is 3.50. The number of nitrogens with two attached hydrogens (primary N) is 3. The fraction of sp³-hybridized carbons (Fsp3) is 0.462. The molecular formula is C52H67N11O10. The number of fused-ring (bicyclic) bond motifs is 5. The molecule has 21 heteroatoms. The third-order valence-electron chi connectivity index (χ3n) is 12.7. The predicted molar refractivity (Wildman–Crippen MR) is 270 cm³/mol. The van der Waals surface area contributed by atoms with Crippen molar-refractivity contribution < 1.29 is 48.4 Å². The second-order valence-corrected chi connectivity index (χ2v) is 18.3. The monoisotopic (exact) mass is 1010 g/mol. The molecule has 3 aromatic carbocycles. The Morgan fingerprint density at radius 1 is 0.863 bits per heavy atom. The number of hydrogen-bond acceptors (Lipinski definition) is 16. The Bertz CT molecular complexity index is 2620. The van der Waals surface area contributed by atoms with E-state index >= 15 is 0 Å². The lowest BCUT2D eigenvalue weighted by atomic mass is 9.93. The quantitative estimate of drug-likeness (QED) is 0.0599. The lowest BCUT2D eigenvalue weighted by Crippen LogP contribution is -2.56. The molecule has 21 nitrogen and oxygen atoms in total. The van der Waals surface area contributed by atoms with E-state index in [4.69, 9.17) is 31.4 Å². The van der Waals surface area contributed by atoms with E-state index in [0.29, 0.717) is 33.9 Å². The van der Waals surface area contributed by atoms with Crippen molar-refractivity contribution in [2.24, 2.45) is 17.2 Å². The van der Waals surface area contributed by atoms with E-state index in [1.54, 1.807) is 38.1 Å². The van der Waals surface area contributed by atoms with Gasteiger partial charge in [-0.1, -0.05) is 18.6 Å². The largest absolute Gasteiger partial charge is 0.490 e. The zero-order chi connectivity index (χ0) is 52.8. The molecule has 1 aliphatic heterocycles. The number of aromatic nitrogens is 2. The van der Waals surface area contributed by atoms with Gasteiger partial charge in [-0.05, 0) is 119 Å². The van der Waals surface area contributed by atoms with Gasteiger partial charge in [0.15, 0.2) is 5.82 Å². The highest BCUT2D eigenvalue weighted by Crippen LogP contribution is 2.40. The van der Waals surface area contributed by atoms with Crippen LogP contribution in [0.1, 0.15) is 84.4 Å². The van der Waals surface area contributed by atoms with E-state index in [2.05, 4.69) is 31.2 Å². The minimum atomic E-state index is -1.50. The Labute approximate surface area is 424 Å². The van der Waals surface area contributed by atoms with Crippen molar-refractivity contribution in [2.75, 3.05) is 46.4 Å². The van der Waals surface area contributed by atoms with Gasteiger partial charge in [-0.15, -0.1) is 0 Å². The number of aryl methyl sites for hydroxylation is 2. The zero-order valence-electron chi connectivity index (χ0n) is 41.7. The predicted octanol–water partition coefficient (Wildman–Crippen LogP) is 1.37. The molecule has 1 aromatic heterocycles. The van der Waals surface area contributed by atoms with Crippen molar-refractivity contribution in [1.82, 2.24) is 36.1 Å². The van der Waals surface area contributed by atoms with Gasteiger partial charge in [-0.3, -0.25) is 24.0 Å². The lowest BCUT2D eigenvalue weighted by molar-refractivity contribution is -0.141. The standard InChI is InChI=1S/C52H67N11O10/c1-29-45(30(2)59-47(58-29)33-11-14-38(15-12-33)73-37-8-6-5-7-9-37)50(68)61-41(18-19-53)52(70)63(4)46-34-13-17-44(72-28-36(65)26-56)40(24-34)39-22-32(10-16-43(39)71-27-35(64)25-55)23-42(49(67)57-21-20-54)62-48(66)31(3)60-51(46)69/h10-17,22,24,31,35-37,41-42,46,64-65H,5-9,18-19,21,23,25-28,53,55-56H2,1-4H3,(H,57,67)(H,60,69)(H,61,68)(H,62,66)/t31-,35+,36+,41-,42-,46-/m0/s1. The van der Waals surface area contributed by atoms with Gasteiger partial charge in [0, 0.05) is 43.2 Å². The first-order chi connectivity index (χ1) is 35.0. The molecule has 6 rings (SSSR count). The van der Waals surface area contributed by atoms with Gasteiger partial charge in [0.25, 0.3) is 5.91 Å². The van der Waals surface area contributed by atoms with Gasteiger partial charge in [-0.25, -0.2) is 9.97 Å². The molecule has 73 heavy (non-hydrogen) atoms. The van der Waals surface area contributed by atoms with Crippen molar-refractivity contribution in [3.63, 3.8) is 0 Å². The second-order valence-electron chi connectivity index (χ2n) is 18.3. The molecule has 5 amide bonds. The lowest BCUT2D eigenvalue weighted by Gasteiger charge is -2.32. The van der Waals surface area contributed by atoms with Gasteiger partial charge in [-0.2, -0.15) is 5.26 Å². The van der Waals surface area contributed by atoms with E-state index < -0.39 is 65.9 Å². The van der Waals surface area contributed by atoms with Gasteiger partial charge in [0.05, 0.1) is 29.1 Å². The van der Waals surface area contributed by atoms with E-state index in [0.717, 1.165) is 41.9 Å². The maximum absolute atomic E-state index is 14.8.